The summed E-state index contributed by atoms with van der Waals surface area (Å²) in [6.07, 6.45) is 0. The zero-order valence-corrected chi connectivity index (χ0v) is 11.8. The molecule has 2 aromatic rings. The van der Waals surface area contributed by atoms with Gasteiger partial charge in [-0.25, -0.2) is 4.79 Å². The second-order valence-electron chi connectivity index (χ2n) is 5.68. The van der Waals surface area contributed by atoms with E-state index in [2.05, 4.69) is 52.0 Å². The second-order valence-corrected chi connectivity index (χ2v) is 5.68. The lowest BCUT2D eigenvalue weighted by Crippen LogP contribution is -2.35. The summed E-state index contributed by atoms with van der Waals surface area (Å²) >= 11 is 0. The Kier molecular flexibility index (Phi) is 3.97. The molecule has 2 amide bonds. The van der Waals surface area contributed by atoms with E-state index in [9.17, 15) is 4.79 Å². The van der Waals surface area contributed by atoms with Crippen molar-refractivity contribution in [2.45, 2.75) is 20.8 Å². The fraction of sp³-hybridized carbons (Fsp3) is 0.385. The molecule has 0 saturated carbocycles. The topological polar surface area (TPSA) is 95.6 Å². The van der Waals surface area contributed by atoms with Crippen molar-refractivity contribution in [3.8, 4) is 11.4 Å². The van der Waals surface area contributed by atoms with E-state index in [1.54, 1.807) is 12.1 Å². The number of tetrazole rings is 1. The molecule has 7 nitrogen and oxygen atoms in total. The molecule has 3 N–H and O–H groups in total. The van der Waals surface area contributed by atoms with Gasteiger partial charge in [0.25, 0.3) is 0 Å². The highest BCUT2D eigenvalue weighted by atomic mass is 16.2. The van der Waals surface area contributed by atoms with Crippen LogP contribution < -0.4 is 10.6 Å². The van der Waals surface area contributed by atoms with Crippen molar-refractivity contribution in [1.82, 2.24) is 25.9 Å². The average Bonchev–Trinajstić information content (AvgIpc) is 2.90. The van der Waals surface area contributed by atoms with Crippen molar-refractivity contribution in [3.05, 3.63) is 24.3 Å². The molecule has 106 valence electrons. The van der Waals surface area contributed by atoms with E-state index >= 15 is 0 Å². The standard InChI is InChI=1S/C13H18N6O/c1-13(2,3)8-14-12(20)15-10-6-4-5-9(7-10)11-16-18-19-17-11/h4-7H,8H2,1-3H3,(H2,14,15,20)(H,16,17,18,19). The Bertz CT molecular complexity index is 573. The van der Waals surface area contributed by atoms with Crippen molar-refractivity contribution < 1.29 is 4.79 Å². The Balaban J connectivity index is 2.00. The van der Waals surface area contributed by atoms with Gasteiger partial charge in [0.15, 0.2) is 0 Å². The minimum Gasteiger partial charge on any atom is -0.337 e. The minimum absolute atomic E-state index is 0.0455. The number of urea groups is 1. The van der Waals surface area contributed by atoms with Crippen LogP contribution in [0.25, 0.3) is 11.4 Å². The van der Waals surface area contributed by atoms with Gasteiger partial charge in [-0.3, -0.25) is 0 Å². The summed E-state index contributed by atoms with van der Waals surface area (Å²) in [5, 5.41) is 19.3. The van der Waals surface area contributed by atoms with Crippen LogP contribution in [0.15, 0.2) is 24.3 Å². The molecule has 1 aromatic heterocycles. The van der Waals surface area contributed by atoms with E-state index in [0.717, 1.165) is 5.56 Å². The third-order valence-corrected chi connectivity index (χ3v) is 2.50. The number of hydrogen-bond donors (Lipinski definition) is 3. The molecular weight excluding hydrogens is 256 g/mol. The van der Waals surface area contributed by atoms with Crippen molar-refractivity contribution in [1.29, 1.82) is 0 Å². The number of benzene rings is 1. The largest absolute Gasteiger partial charge is 0.337 e. The van der Waals surface area contributed by atoms with Crippen molar-refractivity contribution in [3.63, 3.8) is 0 Å². The number of H-pyrrole nitrogens is 1. The lowest BCUT2D eigenvalue weighted by Gasteiger charge is -2.19. The smallest absolute Gasteiger partial charge is 0.319 e. The first-order valence-electron chi connectivity index (χ1n) is 6.33. The van der Waals surface area contributed by atoms with Gasteiger partial charge in [-0.05, 0) is 22.8 Å². The lowest BCUT2D eigenvalue weighted by atomic mass is 9.97. The first kappa shape index (κ1) is 14.0. The van der Waals surface area contributed by atoms with Crippen molar-refractivity contribution >= 4 is 11.7 Å². The van der Waals surface area contributed by atoms with Gasteiger partial charge in [0, 0.05) is 17.8 Å². The maximum absolute atomic E-state index is 11.8. The Morgan fingerprint density at radius 1 is 1.35 bits per heavy atom. The highest BCUT2D eigenvalue weighted by molar-refractivity contribution is 5.89. The van der Waals surface area contributed by atoms with Crippen LogP contribution in [0.5, 0.6) is 0 Å². The molecule has 20 heavy (non-hydrogen) atoms. The van der Waals surface area contributed by atoms with Crippen LogP contribution in [0.3, 0.4) is 0 Å². The summed E-state index contributed by atoms with van der Waals surface area (Å²) in [6.45, 7) is 6.78. The average molecular weight is 274 g/mol. The first-order valence-corrected chi connectivity index (χ1v) is 6.33. The van der Waals surface area contributed by atoms with Gasteiger partial charge in [0.2, 0.25) is 5.82 Å². The molecule has 0 aliphatic carbocycles. The third kappa shape index (κ3) is 4.04. The van der Waals surface area contributed by atoms with Gasteiger partial charge in [0.1, 0.15) is 0 Å². The summed E-state index contributed by atoms with van der Waals surface area (Å²) in [5.74, 6) is 0.490. The lowest BCUT2D eigenvalue weighted by molar-refractivity contribution is 0.247. The van der Waals surface area contributed by atoms with Crippen LogP contribution >= 0.6 is 0 Å². The highest BCUT2D eigenvalue weighted by Gasteiger charge is 2.12. The van der Waals surface area contributed by atoms with Crippen molar-refractivity contribution in [2.24, 2.45) is 5.41 Å². The summed E-state index contributed by atoms with van der Waals surface area (Å²) in [4.78, 5) is 11.8. The number of carbonyl (C=O) groups excluding carboxylic acids is 1. The predicted molar refractivity (Wildman–Crippen MR) is 76.1 cm³/mol. The van der Waals surface area contributed by atoms with Gasteiger partial charge >= 0.3 is 6.03 Å². The van der Waals surface area contributed by atoms with Crippen molar-refractivity contribution in [2.75, 3.05) is 11.9 Å². The van der Waals surface area contributed by atoms with Crippen LogP contribution in [0.4, 0.5) is 10.5 Å². The maximum atomic E-state index is 11.8. The first-order chi connectivity index (χ1) is 9.44. The van der Waals surface area contributed by atoms with Gasteiger partial charge in [-0.2, -0.15) is 5.21 Å². The van der Waals surface area contributed by atoms with Gasteiger partial charge in [-0.15, -0.1) is 10.2 Å². The van der Waals surface area contributed by atoms with Crippen LogP contribution in [0, 0.1) is 5.41 Å². The van der Waals surface area contributed by atoms with E-state index < -0.39 is 0 Å². The molecule has 2 rings (SSSR count). The Morgan fingerprint density at radius 2 is 2.15 bits per heavy atom. The fourth-order valence-corrected chi connectivity index (χ4v) is 1.54. The van der Waals surface area contributed by atoms with E-state index in [-0.39, 0.29) is 11.4 Å². The molecule has 1 aromatic carbocycles. The number of carbonyl (C=O) groups is 1. The van der Waals surface area contributed by atoms with Gasteiger partial charge < -0.3 is 10.6 Å². The molecule has 0 atom stereocenters. The normalized spacial score (nSPS) is 11.2. The van der Waals surface area contributed by atoms with Crippen LogP contribution in [0.1, 0.15) is 20.8 Å². The molecule has 0 aliphatic rings. The summed E-state index contributed by atoms with van der Waals surface area (Å²) in [6, 6.07) is 7.04. The highest BCUT2D eigenvalue weighted by Crippen LogP contribution is 2.18. The molecule has 0 bridgehead atoms. The number of nitrogens with one attached hydrogen (secondary N) is 3. The molecule has 0 unspecified atom stereocenters. The predicted octanol–water partition coefficient (Wildman–Crippen LogP) is 2.03. The Labute approximate surface area is 117 Å². The molecular formula is C13H18N6O. The quantitative estimate of drug-likeness (QED) is 0.798. The number of aromatic nitrogens is 4. The third-order valence-electron chi connectivity index (χ3n) is 2.50. The van der Waals surface area contributed by atoms with E-state index in [1.807, 2.05) is 12.1 Å². The van der Waals surface area contributed by atoms with E-state index in [0.29, 0.717) is 18.1 Å². The van der Waals surface area contributed by atoms with Gasteiger partial charge in [0.05, 0.1) is 0 Å². The maximum Gasteiger partial charge on any atom is 0.319 e. The number of nitrogens with zero attached hydrogens (tertiary/aromatic N) is 3. The number of amides is 2. The number of rotatable bonds is 3. The van der Waals surface area contributed by atoms with Crippen LogP contribution in [0.2, 0.25) is 0 Å². The van der Waals surface area contributed by atoms with Crippen LogP contribution in [-0.4, -0.2) is 33.2 Å². The summed E-state index contributed by atoms with van der Waals surface area (Å²) in [5.41, 5.74) is 1.51. The Morgan fingerprint density at radius 3 is 2.80 bits per heavy atom. The number of aromatic amines is 1. The molecule has 7 heteroatoms. The molecule has 0 fully saturated rings. The summed E-state index contributed by atoms with van der Waals surface area (Å²) in [7, 11) is 0. The fourth-order valence-electron chi connectivity index (χ4n) is 1.54. The molecule has 0 radical (unpaired) electrons. The monoisotopic (exact) mass is 274 g/mol. The molecule has 0 aliphatic heterocycles. The zero-order valence-electron chi connectivity index (χ0n) is 11.8. The number of hydrogen-bond acceptors (Lipinski definition) is 4. The molecule has 0 spiro atoms. The summed E-state index contributed by atoms with van der Waals surface area (Å²) < 4.78 is 0. The van der Waals surface area contributed by atoms with Gasteiger partial charge in [-0.1, -0.05) is 32.9 Å². The second kappa shape index (κ2) is 5.68. The van der Waals surface area contributed by atoms with E-state index in [4.69, 9.17) is 0 Å². The minimum atomic E-state index is -0.231. The Hall–Kier alpha value is -2.44. The van der Waals surface area contributed by atoms with Crippen LogP contribution in [-0.2, 0) is 0 Å². The zero-order chi connectivity index (χ0) is 14.6. The van der Waals surface area contributed by atoms with E-state index in [1.165, 1.54) is 0 Å². The number of anilines is 1. The SMILES string of the molecule is CC(C)(C)CNC(=O)Nc1cccc(-c2nn[nH]n2)c1. The molecule has 0 saturated heterocycles. The molecule has 1 heterocycles.